The first-order valence-corrected chi connectivity index (χ1v) is 8.59. The highest BCUT2D eigenvalue weighted by molar-refractivity contribution is 7.14. The van der Waals surface area contributed by atoms with Gasteiger partial charge in [-0.2, -0.15) is 5.10 Å². The summed E-state index contributed by atoms with van der Waals surface area (Å²) in [7, 11) is 0. The molecule has 0 atom stereocenters. The van der Waals surface area contributed by atoms with Crippen LogP contribution in [-0.4, -0.2) is 11.2 Å². The van der Waals surface area contributed by atoms with Crippen LogP contribution in [0.15, 0.2) is 52.9 Å². The minimum absolute atomic E-state index is 0.545. The fourth-order valence-corrected chi connectivity index (χ4v) is 3.15. The lowest BCUT2D eigenvalue weighted by Gasteiger charge is -2.00. The van der Waals surface area contributed by atoms with Crippen molar-refractivity contribution in [2.75, 3.05) is 5.43 Å². The maximum atomic E-state index is 6.08. The molecule has 1 aromatic heterocycles. The molecule has 0 amide bonds. The number of benzene rings is 2. The third-order valence-electron chi connectivity index (χ3n) is 3.00. The van der Waals surface area contributed by atoms with Gasteiger partial charge in [0, 0.05) is 21.5 Å². The number of nitrogens with zero attached hydrogens (tertiary/aromatic N) is 2. The van der Waals surface area contributed by atoms with Crippen LogP contribution in [0.4, 0.5) is 5.13 Å². The lowest BCUT2D eigenvalue weighted by atomic mass is 10.2. The van der Waals surface area contributed by atoms with Crippen molar-refractivity contribution >= 4 is 57.5 Å². The fraction of sp³-hybridized carbons (Fsp3) is 0. The number of anilines is 1. The molecule has 0 aliphatic carbocycles. The molecule has 0 radical (unpaired) electrons. The summed E-state index contributed by atoms with van der Waals surface area (Å²) in [4.78, 5) is 4.47. The van der Waals surface area contributed by atoms with Crippen LogP contribution in [0.5, 0.6) is 0 Å². The molecule has 0 aliphatic heterocycles. The summed E-state index contributed by atoms with van der Waals surface area (Å²) in [6, 6.07) is 12.8. The zero-order valence-electron chi connectivity index (χ0n) is 11.6. The van der Waals surface area contributed by atoms with Gasteiger partial charge in [-0.25, -0.2) is 4.98 Å². The molecule has 7 heteroatoms. The third-order valence-corrected chi connectivity index (χ3v) is 4.66. The largest absolute Gasteiger partial charge is 0.253 e. The number of halogens is 3. The Morgan fingerprint density at radius 3 is 2.39 bits per heavy atom. The molecule has 3 aromatic rings. The fourth-order valence-electron chi connectivity index (χ4n) is 1.86. The second-order valence-corrected chi connectivity index (χ2v) is 6.66. The number of nitrogens with one attached hydrogen (secondary N) is 1. The molecule has 1 heterocycles. The molecular formula is C16H10Cl3N3S. The van der Waals surface area contributed by atoms with Gasteiger partial charge in [0.05, 0.1) is 22.0 Å². The van der Waals surface area contributed by atoms with Crippen molar-refractivity contribution in [1.29, 1.82) is 0 Å². The molecule has 0 unspecified atom stereocenters. The minimum Gasteiger partial charge on any atom is -0.253 e. The Bertz CT molecular complexity index is 824. The molecule has 0 saturated carbocycles. The normalized spacial score (nSPS) is 11.1. The van der Waals surface area contributed by atoms with Crippen LogP contribution in [-0.2, 0) is 0 Å². The lowest BCUT2D eigenvalue weighted by Crippen LogP contribution is -1.91. The number of aromatic nitrogens is 1. The predicted octanol–water partition coefficient (Wildman–Crippen LogP) is 6.22. The molecule has 0 fully saturated rings. The molecule has 2 aromatic carbocycles. The van der Waals surface area contributed by atoms with E-state index in [0.29, 0.717) is 25.8 Å². The van der Waals surface area contributed by atoms with E-state index >= 15 is 0 Å². The van der Waals surface area contributed by atoms with Crippen LogP contribution in [0.3, 0.4) is 0 Å². The van der Waals surface area contributed by atoms with Crippen molar-refractivity contribution in [3.63, 3.8) is 0 Å². The van der Waals surface area contributed by atoms with Crippen molar-refractivity contribution in [3.8, 4) is 11.3 Å². The van der Waals surface area contributed by atoms with Gasteiger partial charge in [-0.3, -0.25) is 5.43 Å². The zero-order valence-corrected chi connectivity index (χ0v) is 14.7. The quantitative estimate of drug-likeness (QED) is 0.430. The van der Waals surface area contributed by atoms with Crippen molar-refractivity contribution < 1.29 is 0 Å². The first-order valence-electron chi connectivity index (χ1n) is 6.58. The number of hydrazone groups is 1. The Labute approximate surface area is 152 Å². The van der Waals surface area contributed by atoms with Crippen LogP contribution in [0.25, 0.3) is 11.3 Å². The molecule has 3 nitrogen and oxygen atoms in total. The summed E-state index contributed by atoms with van der Waals surface area (Å²) in [6.07, 6.45) is 1.58. The highest BCUT2D eigenvalue weighted by Crippen LogP contribution is 2.26. The van der Waals surface area contributed by atoms with E-state index < -0.39 is 0 Å². The van der Waals surface area contributed by atoms with E-state index in [9.17, 15) is 0 Å². The molecular weight excluding hydrogens is 373 g/mol. The highest BCUT2D eigenvalue weighted by Gasteiger charge is 2.05. The van der Waals surface area contributed by atoms with E-state index in [-0.39, 0.29) is 0 Å². The minimum atomic E-state index is 0.545. The van der Waals surface area contributed by atoms with Crippen LogP contribution in [0, 0.1) is 0 Å². The highest BCUT2D eigenvalue weighted by atomic mass is 35.5. The first kappa shape index (κ1) is 16.3. The molecule has 0 bridgehead atoms. The van der Waals surface area contributed by atoms with E-state index in [4.69, 9.17) is 34.8 Å². The van der Waals surface area contributed by atoms with Gasteiger partial charge in [-0.15, -0.1) is 11.3 Å². The van der Waals surface area contributed by atoms with Crippen molar-refractivity contribution in [2.45, 2.75) is 0 Å². The summed E-state index contributed by atoms with van der Waals surface area (Å²) < 4.78 is 0. The van der Waals surface area contributed by atoms with Crippen LogP contribution >= 0.6 is 46.1 Å². The molecule has 1 N–H and O–H groups in total. The van der Waals surface area contributed by atoms with Gasteiger partial charge in [0.25, 0.3) is 0 Å². The van der Waals surface area contributed by atoms with Gasteiger partial charge in [0.2, 0.25) is 5.13 Å². The van der Waals surface area contributed by atoms with E-state index in [1.54, 1.807) is 24.4 Å². The van der Waals surface area contributed by atoms with Gasteiger partial charge < -0.3 is 0 Å². The first-order chi connectivity index (χ1) is 11.1. The summed E-state index contributed by atoms with van der Waals surface area (Å²) >= 11 is 19.5. The van der Waals surface area contributed by atoms with Gasteiger partial charge >= 0.3 is 0 Å². The maximum Gasteiger partial charge on any atom is 0.203 e. The Kier molecular flexibility index (Phi) is 5.18. The van der Waals surface area contributed by atoms with E-state index in [1.807, 2.05) is 29.6 Å². The van der Waals surface area contributed by atoms with Gasteiger partial charge in [-0.1, -0.05) is 53.0 Å². The topological polar surface area (TPSA) is 37.3 Å². The Morgan fingerprint density at radius 1 is 1.00 bits per heavy atom. The smallest absolute Gasteiger partial charge is 0.203 e. The summed E-state index contributed by atoms with van der Waals surface area (Å²) in [5.74, 6) is 0. The van der Waals surface area contributed by atoms with Crippen LogP contribution < -0.4 is 5.43 Å². The van der Waals surface area contributed by atoms with Gasteiger partial charge in [0.1, 0.15) is 0 Å². The number of thiazole rings is 1. The maximum absolute atomic E-state index is 6.08. The standard InChI is InChI=1S/C16H10Cl3N3S/c17-11-6-4-10(5-7-11)15-9-23-16(21-15)22-20-8-12-13(18)2-1-3-14(12)19/h1-9H,(H,21,22)/b20-8-. The van der Waals surface area contributed by atoms with Crippen molar-refractivity contribution in [2.24, 2.45) is 5.10 Å². The molecule has 0 aliphatic rings. The second kappa shape index (κ2) is 7.32. The third kappa shape index (κ3) is 4.03. The van der Waals surface area contributed by atoms with E-state index in [1.165, 1.54) is 11.3 Å². The van der Waals surface area contributed by atoms with E-state index in [0.717, 1.165) is 11.3 Å². The zero-order chi connectivity index (χ0) is 16.2. The lowest BCUT2D eigenvalue weighted by molar-refractivity contribution is 1.29. The number of rotatable bonds is 4. The van der Waals surface area contributed by atoms with Crippen LogP contribution in [0.2, 0.25) is 15.1 Å². The van der Waals surface area contributed by atoms with Crippen molar-refractivity contribution in [1.82, 2.24) is 4.98 Å². The average molecular weight is 383 g/mol. The molecule has 23 heavy (non-hydrogen) atoms. The van der Waals surface area contributed by atoms with E-state index in [2.05, 4.69) is 15.5 Å². The average Bonchev–Trinajstić information content (AvgIpc) is 3.00. The molecule has 116 valence electrons. The molecule has 0 saturated heterocycles. The molecule has 3 rings (SSSR count). The number of hydrogen-bond acceptors (Lipinski definition) is 4. The summed E-state index contributed by atoms with van der Waals surface area (Å²) in [5.41, 5.74) is 5.41. The summed E-state index contributed by atoms with van der Waals surface area (Å²) in [5, 5.41) is 8.55. The SMILES string of the molecule is Clc1ccc(-c2csc(N/N=C\c3c(Cl)cccc3Cl)n2)cc1. The van der Waals surface area contributed by atoms with Crippen molar-refractivity contribution in [3.05, 3.63) is 68.5 Å². The van der Waals surface area contributed by atoms with Gasteiger partial charge in [-0.05, 0) is 24.3 Å². The number of hydrogen-bond donors (Lipinski definition) is 1. The second-order valence-electron chi connectivity index (χ2n) is 4.55. The Hall–Kier alpha value is -1.59. The summed E-state index contributed by atoms with van der Waals surface area (Å²) in [6.45, 7) is 0. The Morgan fingerprint density at radius 2 is 1.70 bits per heavy atom. The van der Waals surface area contributed by atoms with Gasteiger partial charge in [0.15, 0.2) is 0 Å². The van der Waals surface area contributed by atoms with Crippen LogP contribution in [0.1, 0.15) is 5.56 Å². The molecule has 0 spiro atoms. The predicted molar refractivity (Wildman–Crippen MR) is 100 cm³/mol. The Balaban J connectivity index is 1.72. The monoisotopic (exact) mass is 381 g/mol.